The molecule has 0 radical (unpaired) electrons. The van der Waals surface area contributed by atoms with Crippen molar-refractivity contribution in [1.82, 2.24) is 9.55 Å². The van der Waals surface area contributed by atoms with Crippen LogP contribution in [0.25, 0.3) is 11.0 Å². The minimum atomic E-state index is -4.79. The van der Waals surface area contributed by atoms with Crippen LogP contribution in [0.1, 0.15) is 51.6 Å². The van der Waals surface area contributed by atoms with E-state index in [0.29, 0.717) is 28.6 Å². The van der Waals surface area contributed by atoms with Gasteiger partial charge in [0.15, 0.2) is 0 Å². The van der Waals surface area contributed by atoms with Crippen molar-refractivity contribution < 1.29 is 32.2 Å². The Labute approximate surface area is 199 Å². The Kier molecular flexibility index (Phi) is 6.42. The number of carbonyl (C=O) groups is 1. The molecule has 2 N–H and O–H groups in total. The molecule has 2 atom stereocenters. The molecule has 0 aliphatic heterocycles. The number of carboxylic acid groups (broad SMARTS) is 1. The van der Waals surface area contributed by atoms with Crippen LogP contribution in [0.3, 0.4) is 0 Å². The van der Waals surface area contributed by atoms with Gasteiger partial charge in [-0.15, -0.1) is 13.2 Å². The number of nitrogens with zero attached hydrogens (tertiary/aromatic N) is 2. The van der Waals surface area contributed by atoms with E-state index in [9.17, 15) is 22.4 Å². The van der Waals surface area contributed by atoms with Gasteiger partial charge in [-0.05, 0) is 60.9 Å². The predicted molar refractivity (Wildman–Crippen MR) is 123 cm³/mol. The number of halogens is 4. The average molecular weight is 494 g/mol. The number of hydrogen-bond donors (Lipinski definition) is 2. The van der Waals surface area contributed by atoms with Crippen LogP contribution in [-0.2, 0) is 11.2 Å². The zero-order valence-electron chi connectivity index (χ0n) is 19.6. The number of imidazole rings is 1. The van der Waals surface area contributed by atoms with E-state index in [1.165, 1.54) is 36.4 Å². The molecule has 3 aromatic rings. The van der Waals surface area contributed by atoms with E-state index in [2.05, 4.69) is 35.8 Å². The highest BCUT2D eigenvalue weighted by Gasteiger charge is 2.35. The van der Waals surface area contributed by atoms with Crippen LogP contribution in [0.5, 0.6) is 5.75 Å². The second-order valence-electron chi connectivity index (χ2n) is 10.1. The molecule has 188 valence electrons. The summed E-state index contributed by atoms with van der Waals surface area (Å²) >= 11 is 0. The van der Waals surface area contributed by atoms with Crippen LogP contribution in [0.15, 0.2) is 36.4 Å². The normalized spacial score (nSPS) is 20.1. The molecule has 6 nitrogen and oxygen atoms in total. The second-order valence-corrected chi connectivity index (χ2v) is 10.1. The maximum atomic E-state index is 14.8. The standard InChI is InChI=1S/C25H27F4N3O3/c1-14-8-17(13-24(2,3)12-14)32-21-11-19(26)15(10-22(33)34)9-20(21)31-23(32)30-16-4-6-18(7-5-16)35-25(27,28)29/h4-7,9,11,14,17H,8,10,12-13H2,1-3H3,(H,30,31)(H,33,34). The van der Waals surface area contributed by atoms with Crippen LogP contribution in [0.2, 0.25) is 0 Å². The summed E-state index contributed by atoms with van der Waals surface area (Å²) in [6, 6.07) is 8.02. The van der Waals surface area contributed by atoms with Gasteiger partial charge in [0.2, 0.25) is 5.95 Å². The van der Waals surface area contributed by atoms with Crippen LogP contribution in [0.4, 0.5) is 29.2 Å². The van der Waals surface area contributed by atoms with Gasteiger partial charge in [0, 0.05) is 23.4 Å². The van der Waals surface area contributed by atoms with Gasteiger partial charge in [0.1, 0.15) is 11.6 Å². The molecule has 0 saturated heterocycles. The van der Waals surface area contributed by atoms with Crippen molar-refractivity contribution in [3.63, 3.8) is 0 Å². The zero-order valence-corrected chi connectivity index (χ0v) is 19.6. The molecule has 0 amide bonds. The van der Waals surface area contributed by atoms with Gasteiger partial charge in [-0.1, -0.05) is 20.8 Å². The van der Waals surface area contributed by atoms with Crippen molar-refractivity contribution in [1.29, 1.82) is 0 Å². The SMILES string of the molecule is CC1CC(n2c(Nc3ccc(OC(F)(F)F)cc3)nc3cc(CC(=O)O)c(F)cc32)CC(C)(C)C1. The molecule has 1 fully saturated rings. The van der Waals surface area contributed by atoms with Gasteiger partial charge >= 0.3 is 12.3 Å². The molecule has 0 spiro atoms. The Hall–Kier alpha value is -3.30. The molecule has 2 aromatic carbocycles. The fourth-order valence-corrected chi connectivity index (χ4v) is 5.28. The van der Waals surface area contributed by atoms with Gasteiger partial charge in [-0.3, -0.25) is 4.79 Å². The summed E-state index contributed by atoms with van der Waals surface area (Å²) < 4.78 is 58.2. The quantitative estimate of drug-likeness (QED) is 0.368. The lowest BCUT2D eigenvalue weighted by Crippen LogP contribution is -2.29. The lowest BCUT2D eigenvalue weighted by Gasteiger charge is -2.40. The molecule has 1 saturated carbocycles. The number of fused-ring (bicyclic) bond motifs is 1. The largest absolute Gasteiger partial charge is 0.573 e. The highest BCUT2D eigenvalue weighted by Crippen LogP contribution is 2.46. The Balaban J connectivity index is 1.76. The minimum Gasteiger partial charge on any atom is -0.481 e. The maximum absolute atomic E-state index is 14.8. The Morgan fingerprint density at radius 3 is 2.51 bits per heavy atom. The Morgan fingerprint density at radius 1 is 1.23 bits per heavy atom. The van der Waals surface area contributed by atoms with E-state index < -0.39 is 24.6 Å². The van der Waals surface area contributed by atoms with Crippen molar-refractivity contribution in [3.8, 4) is 5.75 Å². The monoisotopic (exact) mass is 493 g/mol. The van der Waals surface area contributed by atoms with Crippen molar-refractivity contribution in [2.75, 3.05) is 5.32 Å². The second kappa shape index (κ2) is 9.05. The molecule has 10 heteroatoms. The lowest BCUT2D eigenvalue weighted by molar-refractivity contribution is -0.274. The average Bonchev–Trinajstić information content (AvgIpc) is 3.03. The number of carboxylic acids is 1. The van der Waals surface area contributed by atoms with Crippen LogP contribution in [0, 0.1) is 17.2 Å². The molecular formula is C25H27F4N3O3. The first-order valence-corrected chi connectivity index (χ1v) is 11.3. The zero-order chi connectivity index (χ0) is 25.5. The summed E-state index contributed by atoms with van der Waals surface area (Å²) in [5.74, 6) is -1.29. The summed E-state index contributed by atoms with van der Waals surface area (Å²) in [5.41, 5.74) is 1.54. The van der Waals surface area contributed by atoms with Gasteiger partial charge in [-0.2, -0.15) is 0 Å². The first kappa shape index (κ1) is 24.8. The molecule has 1 aliphatic carbocycles. The number of rotatable bonds is 6. The van der Waals surface area contributed by atoms with Crippen molar-refractivity contribution in [3.05, 3.63) is 47.8 Å². The smallest absolute Gasteiger partial charge is 0.481 e. The minimum absolute atomic E-state index is 0.00110. The molecule has 2 unspecified atom stereocenters. The summed E-state index contributed by atoms with van der Waals surface area (Å²) in [7, 11) is 0. The topological polar surface area (TPSA) is 76.4 Å². The fraction of sp³-hybridized carbons (Fsp3) is 0.440. The number of aromatic nitrogens is 2. The van der Waals surface area contributed by atoms with E-state index in [1.54, 1.807) is 0 Å². The third-order valence-corrected chi connectivity index (χ3v) is 6.27. The van der Waals surface area contributed by atoms with Crippen molar-refractivity contribution in [2.45, 2.75) is 58.9 Å². The van der Waals surface area contributed by atoms with E-state index in [4.69, 9.17) is 5.11 Å². The lowest BCUT2D eigenvalue weighted by atomic mass is 9.70. The number of aliphatic carboxylic acids is 1. The summed E-state index contributed by atoms with van der Waals surface area (Å²) in [5, 5.41) is 12.3. The Bertz CT molecular complexity index is 1240. The number of hydrogen-bond acceptors (Lipinski definition) is 4. The fourth-order valence-electron chi connectivity index (χ4n) is 5.28. The summed E-state index contributed by atoms with van der Waals surface area (Å²) in [4.78, 5) is 15.8. The Morgan fingerprint density at radius 2 is 1.91 bits per heavy atom. The van der Waals surface area contributed by atoms with E-state index in [0.717, 1.165) is 19.3 Å². The molecule has 1 aliphatic rings. The number of nitrogens with one attached hydrogen (secondary N) is 1. The van der Waals surface area contributed by atoms with E-state index in [-0.39, 0.29) is 22.8 Å². The molecule has 1 aromatic heterocycles. The van der Waals surface area contributed by atoms with Crippen LogP contribution < -0.4 is 10.1 Å². The summed E-state index contributed by atoms with van der Waals surface area (Å²) in [6.45, 7) is 6.55. The molecule has 0 bridgehead atoms. The highest BCUT2D eigenvalue weighted by molar-refractivity contribution is 5.82. The molecule has 35 heavy (non-hydrogen) atoms. The van der Waals surface area contributed by atoms with Gasteiger partial charge in [0.05, 0.1) is 17.5 Å². The first-order chi connectivity index (χ1) is 16.3. The number of ether oxygens (including phenoxy) is 1. The number of benzene rings is 2. The van der Waals surface area contributed by atoms with Crippen LogP contribution >= 0.6 is 0 Å². The highest BCUT2D eigenvalue weighted by atomic mass is 19.4. The predicted octanol–water partition coefficient (Wildman–Crippen LogP) is 6.83. The van der Waals surface area contributed by atoms with Crippen molar-refractivity contribution >= 4 is 28.6 Å². The van der Waals surface area contributed by atoms with E-state index >= 15 is 0 Å². The van der Waals surface area contributed by atoms with Gasteiger partial charge < -0.3 is 19.7 Å². The van der Waals surface area contributed by atoms with Gasteiger partial charge in [0.25, 0.3) is 0 Å². The third kappa shape index (κ3) is 5.86. The maximum Gasteiger partial charge on any atom is 0.573 e. The number of anilines is 2. The molecule has 1 heterocycles. The number of alkyl halides is 3. The molecule has 4 rings (SSSR count). The third-order valence-electron chi connectivity index (χ3n) is 6.27. The van der Waals surface area contributed by atoms with Crippen LogP contribution in [-0.4, -0.2) is 27.0 Å². The molecular weight excluding hydrogens is 466 g/mol. The first-order valence-electron chi connectivity index (χ1n) is 11.3. The van der Waals surface area contributed by atoms with Gasteiger partial charge in [-0.25, -0.2) is 9.37 Å². The van der Waals surface area contributed by atoms with Crippen molar-refractivity contribution in [2.24, 2.45) is 11.3 Å². The van der Waals surface area contributed by atoms with E-state index in [1.807, 2.05) is 4.57 Å². The summed E-state index contributed by atoms with van der Waals surface area (Å²) in [6.07, 6.45) is -2.53.